The summed E-state index contributed by atoms with van der Waals surface area (Å²) in [6, 6.07) is 14.0. The standard InChI is InChI=1S/C27H33N3O4S/c1-3-32-12-6-10-28-27(35)30(11-9-20-8-5-4-7-19(20)2)18-22-15-21-16-24-25(34-14-13-33-24)17-23(21)29-26(22)31/h4-5,7-8,15-17H,3,6,9-14,18H2,1-2H3,(H,28,35)(H,29,31). The van der Waals surface area contributed by atoms with Crippen molar-refractivity contribution < 1.29 is 14.2 Å². The molecular formula is C27H33N3O4S. The Hall–Kier alpha value is -3.10. The minimum absolute atomic E-state index is 0.130. The van der Waals surface area contributed by atoms with Crippen LogP contribution in [0.3, 0.4) is 0 Å². The van der Waals surface area contributed by atoms with Gasteiger partial charge in [-0.15, -0.1) is 0 Å². The molecular weight excluding hydrogens is 462 g/mol. The van der Waals surface area contributed by atoms with Crippen molar-refractivity contribution in [1.82, 2.24) is 15.2 Å². The van der Waals surface area contributed by atoms with Gasteiger partial charge in [0.2, 0.25) is 0 Å². The van der Waals surface area contributed by atoms with Gasteiger partial charge >= 0.3 is 0 Å². The lowest BCUT2D eigenvalue weighted by molar-refractivity contribution is 0.145. The molecule has 186 valence electrons. The van der Waals surface area contributed by atoms with Crippen LogP contribution in [0.15, 0.2) is 47.3 Å². The highest BCUT2D eigenvalue weighted by atomic mass is 32.1. The summed E-state index contributed by atoms with van der Waals surface area (Å²) >= 11 is 5.75. The molecule has 0 saturated carbocycles. The van der Waals surface area contributed by atoms with Gasteiger partial charge in [-0.05, 0) is 62.2 Å². The second kappa shape index (κ2) is 12.0. The van der Waals surface area contributed by atoms with Crippen LogP contribution in [0, 0.1) is 6.92 Å². The normalized spacial score (nSPS) is 12.5. The zero-order valence-electron chi connectivity index (χ0n) is 20.4. The van der Waals surface area contributed by atoms with E-state index in [-0.39, 0.29) is 5.56 Å². The first kappa shape index (κ1) is 25.0. The molecule has 1 aliphatic heterocycles. The van der Waals surface area contributed by atoms with Crippen molar-refractivity contribution in [2.45, 2.75) is 33.2 Å². The zero-order chi connectivity index (χ0) is 24.6. The largest absolute Gasteiger partial charge is 0.486 e. The number of aromatic nitrogens is 1. The molecule has 35 heavy (non-hydrogen) atoms. The smallest absolute Gasteiger partial charge is 0.253 e. The molecule has 0 amide bonds. The fourth-order valence-electron chi connectivity index (χ4n) is 4.14. The Labute approximate surface area is 211 Å². The van der Waals surface area contributed by atoms with Crippen LogP contribution in [-0.4, -0.2) is 54.5 Å². The van der Waals surface area contributed by atoms with Gasteiger partial charge in [0.05, 0.1) is 12.1 Å². The van der Waals surface area contributed by atoms with E-state index in [0.29, 0.717) is 61.7 Å². The molecule has 2 heterocycles. The first-order chi connectivity index (χ1) is 17.0. The van der Waals surface area contributed by atoms with E-state index in [1.807, 2.05) is 31.2 Å². The van der Waals surface area contributed by atoms with Gasteiger partial charge in [-0.3, -0.25) is 4.79 Å². The first-order valence-electron chi connectivity index (χ1n) is 12.2. The van der Waals surface area contributed by atoms with Crippen LogP contribution in [0.25, 0.3) is 10.9 Å². The highest BCUT2D eigenvalue weighted by molar-refractivity contribution is 7.80. The van der Waals surface area contributed by atoms with Crippen LogP contribution in [0.1, 0.15) is 30.0 Å². The third kappa shape index (κ3) is 6.52. The summed E-state index contributed by atoms with van der Waals surface area (Å²) in [5.74, 6) is 1.36. The van der Waals surface area contributed by atoms with Gasteiger partial charge in [-0.1, -0.05) is 24.3 Å². The van der Waals surface area contributed by atoms with Crippen LogP contribution in [-0.2, 0) is 17.7 Å². The maximum absolute atomic E-state index is 13.0. The van der Waals surface area contributed by atoms with E-state index in [1.54, 1.807) is 0 Å². The van der Waals surface area contributed by atoms with Crippen LogP contribution >= 0.6 is 12.2 Å². The van der Waals surface area contributed by atoms with Crippen LogP contribution < -0.4 is 20.3 Å². The molecule has 0 aliphatic carbocycles. The number of aryl methyl sites for hydroxylation is 1. The maximum Gasteiger partial charge on any atom is 0.253 e. The number of pyridine rings is 1. The molecule has 0 saturated heterocycles. The minimum atomic E-state index is -0.130. The Bertz CT molecular complexity index is 1230. The van der Waals surface area contributed by atoms with Gasteiger partial charge in [-0.25, -0.2) is 0 Å². The quantitative estimate of drug-likeness (QED) is 0.326. The molecule has 0 spiro atoms. The van der Waals surface area contributed by atoms with E-state index >= 15 is 0 Å². The number of hydrogen-bond donors (Lipinski definition) is 2. The zero-order valence-corrected chi connectivity index (χ0v) is 21.2. The average molecular weight is 496 g/mol. The van der Waals surface area contributed by atoms with Gasteiger partial charge in [0.25, 0.3) is 5.56 Å². The molecule has 0 fully saturated rings. The summed E-state index contributed by atoms with van der Waals surface area (Å²) in [6.45, 7) is 8.34. The fraction of sp³-hybridized carbons (Fsp3) is 0.407. The van der Waals surface area contributed by atoms with Gasteiger partial charge in [-0.2, -0.15) is 0 Å². The van der Waals surface area contributed by atoms with Crippen molar-refractivity contribution in [3.05, 3.63) is 69.5 Å². The predicted molar refractivity (Wildman–Crippen MR) is 143 cm³/mol. The number of H-pyrrole nitrogens is 1. The van der Waals surface area contributed by atoms with Gasteiger partial charge in [0, 0.05) is 43.3 Å². The van der Waals surface area contributed by atoms with Crippen molar-refractivity contribution in [2.75, 3.05) is 39.5 Å². The number of nitrogens with zero attached hydrogens (tertiary/aromatic N) is 1. The minimum Gasteiger partial charge on any atom is -0.486 e. The molecule has 0 unspecified atom stereocenters. The summed E-state index contributed by atoms with van der Waals surface area (Å²) in [5.41, 5.74) is 3.77. The number of thiocarbonyl (C=S) groups is 1. The molecule has 1 aromatic heterocycles. The lowest BCUT2D eigenvalue weighted by Gasteiger charge is -2.26. The summed E-state index contributed by atoms with van der Waals surface area (Å²) in [4.78, 5) is 18.1. The molecule has 3 aromatic rings. The van der Waals surface area contributed by atoms with Crippen LogP contribution in [0.4, 0.5) is 0 Å². The second-order valence-corrected chi connectivity index (χ2v) is 8.97. The van der Waals surface area contributed by atoms with E-state index in [0.717, 1.165) is 30.3 Å². The van der Waals surface area contributed by atoms with Gasteiger partial charge in [0.15, 0.2) is 16.6 Å². The number of ether oxygens (including phenoxy) is 3. The Kier molecular flexibility index (Phi) is 8.60. The molecule has 8 heteroatoms. The monoisotopic (exact) mass is 495 g/mol. The molecule has 2 aromatic carbocycles. The third-order valence-electron chi connectivity index (χ3n) is 6.09. The fourth-order valence-corrected chi connectivity index (χ4v) is 4.39. The third-order valence-corrected chi connectivity index (χ3v) is 6.49. The number of aromatic amines is 1. The van der Waals surface area contributed by atoms with Crippen molar-refractivity contribution in [1.29, 1.82) is 0 Å². The van der Waals surface area contributed by atoms with Crippen molar-refractivity contribution in [2.24, 2.45) is 0 Å². The van der Waals surface area contributed by atoms with Crippen molar-refractivity contribution in [3.63, 3.8) is 0 Å². The van der Waals surface area contributed by atoms with Crippen LogP contribution in [0.5, 0.6) is 11.5 Å². The van der Waals surface area contributed by atoms with E-state index in [1.165, 1.54) is 11.1 Å². The maximum atomic E-state index is 13.0. The van der Waals surface area contributed by atoms with E-state index in [9.17, 15) is 4.79 Å². The Balaban J connectivity index is 1.53. The van der Waals surface area contributed by atoms with E-state index < -0.39 is 0 Å². The van der Waals surface area contributed by atoms with Gasteiger partial charge < -0.3 is 29.4 Å². The molecule has 1 aliphatic rings. The predicted octanol–water partition coefficient (Wildman–Crippen LogP) is 3.95. The summed E-state index contributed by atoms with van der Waals surface area (Å²) in [6.07, 6.45) is 1.70. The van der Waals surface area contributed by atoms with E-state index in [4.69, 9.17) is 26.4 Å². The van der Waals surface area contributed by atoms with Gasteiger partial charge in [0.1, 0.15) is 13.2 Å². The number of hydrogen-bond acceptors (Lipinski definition) is 5. The van der Waals surface area contributed by atoms with Crippen molar-refractivity contribution in [3.8, 4) is 11.5 Å². The summed E-state index contributed by atoms with van der Waals surface area (Å²) in [7, 11) is 0. The second-order valence-electron chi connectivity index (χ2n) is 8.59. The van der Waals surface area contributed by atoms with Crippen molar-refractivity contribution >= 4 is 28.2 Å². The molecule has 0 radical (unpaired) electrons. The molecule has 0 atom stereocenters. The number of fused-ring (bicyclic) bond motifs is 2. The summed E-state index contributed by atoms with van der Waals surface area (Å²) < 4.78 is 16.8. The topological polar surface area (TPSA) is 75.8 Å². The lowest BCUT2D eigenvalue weighted by Crippen LogP contribution is -2.42. The SMILES string of the molecule is CCOCCCNC(=S)N(CCc1ccccc1C)Cc1cc2cc3c(cc2[nH]c1=O)OCCO3. The Morgan fingerprint density at radius 1 is 1.14 bits per heavy atom. The Morgan fingerprint density at radius 3 is 2.69 bits per heavy atom. The van der Waals surface area contributed by atoms with E-state index in [2.05, 4.69) is 40.3 Å². The molecule has 4 rings (SSSR count). The Morgan fingerprint density at radius 2 is 1.91 bits per heavy atom. The van der Waals surface area contributed by atoms with Crippen LogP contribution in [0.2, 0.25) is 0 Å². The molecule has 0 bridgehead atoms. The number of benzene rings is 2. The first-order valence-corrected chi connectivity index (χ1v) is 12.6. The highest BCUT2D eigenvalue weighted by Crippen LogP contribution is 2.33. The molecule has 2 N–H and O–H groups in total. The molecule has 7 nitrogen and oxygen atoms in total. The number of rotatable bonds is 10. The number of nitrogens with one attached hydrogen (secondary N) is 2. The highest BCUT2D eigenvalue weighted by Gasteiger charge is 2.17. The lowest BCUT2D eigenvalue weighted by atomic mass is 10.1. The summed E-state index contributed by atoms with van der Waals surface area (Å²) in [5, 5.41) is 4.88. The average Bonchev–Trinajstić information content (AvgIpc) is 2.86.